The van der Waals surface area contributed by atoms with E-state index < -0.39 is 5.97 Å². The van der Waals surface area contributed by atoms with Crippen molar-refractivity contribution >= 4 is 11.8 Å². The average Bonchev–Trinajstić information content (AvgIpc) is 3.43. The zero-order chi connectivity index (χ0) is 26.7. The van der Waals surface area contributed by atoms with E-state index in [1.165, 1.54) is 83.8 Å². The summed E-state index contributed by atoms with van der Waals surface area (Å²) in [4.78, 5) is 22.4. The minimum Gasteiger partial charge on any atom is -0.507 e. The maximum absolute atomic E-state index is 12.1. The molecule has 202 valence electrons. The van der Waals surface area contributed by atoms with Gasteiger partial charge in [0.2, 0.25) is 0 Å². The molecule has 0 aromatic heterocycles. The first kappa shape index (κ1) is 30.1. The summed E-state index contributed by atoms with van der Waals surface area (Å²) >= 11 is 0. The Labute approximate surface area is 222 Å². The highest BCUT2D eigenvalue weighted by atomic mass is 16.5. The molecule has 0 aliphatic heterocycles. The molecule has 1 atom stereocenters. The maximum Gasteiger partial charge on any atom is 0.303 e. The smallest absolute Gasteiger partial charge is 0.303 e. The van der Waals surface area contributed by atoms with Crippen molar-refractivity contribution in [2.45, 2.75) is 89.9 Å². The number of hydrogen-bond donors (Lipinski definition) is 2. The van der Waals surface area contributed by atoms with Crippen molar-refractivity contribution in [1.29, 1.82) is 0 Å². The van der Waals surface area contributed by atoms with Crippen molar-refractivity contribution in [2.75, 3.05) is 7.11 Å². The number of methoxy groups -OCH3 is 1. The largest absolute Gasteiger partial charge is 0.507 e. The van der Waals surface area contributed by atoms with Crippen LogP contribution in [0.15, 0.2) is 60.7 Å². The van der Waals surface area contributed by atoms with Gasteiger partial charge in [0.1, 0.15) is 11.5 Å². The van der Waals surface area contributed by atoms with Crippen LogP contribution in [-0.2, 0) is 4.79 Å². The molecule has 0 spiro atoms. The second-order valence-corrected chi connectivity index (χ2v) is 9.81. The van der Waals surface area contributed by atoms with Crippen molar-refractivity contribution < 1.29 is 24.5 Å². The first-order valence-electron chi connectivity index (χ1n) is 13.9. The van der Waals surface area contributed by atoms with Crippen LogP contribution in [0.2, 0.25) is 0 Å². The fourth-order valence-corrected chi connectivity index (χ4v) is 4.61. The number of ether oxygens (including phenoxy) is 1. The average molecular weight is 509 g/mol. The summed E-state index contributed by atoms with van der Waals surface area (Å²) in [5.74, 6) is 0.481. The highest BCUT2D eigenvalue weighted by molar-refractivity contribution is 6.10. The van der Waals surface area contributed by atoms with Crippen molar-refractivity contribution in [2.24, 2.45) is 5.92 Å². The van der Waals surface area contributed by atoms with E-state index in [-0.39, 0.29) is 17.1 Å². The lowest BCUT2D eigenvalue weighted by Gasteiger charge is -2.06. The van der Waals surface area contributed by atoms with Crippen LogP contribution in [-0.4, -0.2) is 29.1 Å². The predicted molar refractivity (Wildman–Crippen MR) is 149 cm³/mol. The molecule has 0 bridgehead atoms. The second-order valence-electron chi connectivity index (χ2n) is 9.81. The van der Waals surface area contributed by atoms with Gasteiger partial charge in [0, 0.05) is 18.1 Å². The number of aliphatic carboxylic acids is 1. The summed E-state index contributed by atoms with van der Waals surface area (Å²) in [7, 11) is 1.51. The van der Waals surface area contributed by atoms with Gasteiger partial charge in [-0.1, -0.05) is 100 Å². The number of carboxylic acid groups (broad SMARTS) is 1. The molecule has 0 saturated carbocycles. The lowest BCUT2D eigenvalue weighted by atomic mass is 9.99. The fourth-order valence-electron chi connectivity index (χ4n) is 4.61. The molecule has 5 nitrogen and oxygen atoms in total. The van der Waals surface area contributed by atoms with Crippen LogP contribution in [0.5, 0.6) is 11.5 Å². The van der Waals surface area contributed by atoms with Gasteiger partial charge >= 0.3 is 5.97 Å². The highest BCUT2D eigenvalue weighted by Crippen LogP contribution is 2.26. The summed E-state index contributed by atoms with van der Waals surface area (Å²) < 4.78 is 4.96. The van der Waals surface area contributed by atoms with E-state index in [1.54, 1.807) is 36.4 Å². The topological polar surface area (TPSA) is 83.8 Å². The Bertz CT molecular complexity index is 951. The number of carboxylic acids is 1. The molecule has 0 fully saturated rings. The van der Waals surface area contributed by atoms with Gasteiger partial charge in [-0.2, -0.15) is 0 Å². The quantitative estimate of drug-likeness (QED) is 0.135. The Morgan fingerprint density at radius 2 is 1.49 bits per heavy atom. The van der Waals surface area contributed by atoms with Crippen LogP contribution < -0.4 is 4.74 Å². The molecule has 1 aliphatic rings. The number of hydrogen-bond acceptors (Lipinski definition) is 4. The third-order valence-electron chi connectivity index (χ3n) is 6.81. The molecule has 2 N–H and O–H groups in total. The molecule has 37 heavy (non-hydrogen) atoms. The first-order chi connectivity index (χ1) is 18.0. The van der Waals surface area contributed by atoms with Crippen molar-refractivity contribution in [1.82, 2.24) is 0 Å². The fraction of sp³-hybridized carbons (Fsp3) is 0.500. The Balaban J connectivity index is 0.000000263. The van der Waals surface area contributed by atoms with Crippen LogP contribution in [0.25, 0.3) is 0 Å². The number of phenolic OH excluding ortho intramolecular Hbond substituents is 1. The van der Waals surface area contributed by atoms with Gasteiger partial charge in [0.25, 0.3) is 0 Å². The third kappa shape index (κ3) is 12.6. The number of benzene rings is 2. The lowest BCUT2D eigenvalue weighted by molar-refractivity contribution is -0.137. The standard InChI is InChI=1S/C18H32O2.C14H12O3/c19-18(20)16-10-8-6-4-2-1-3-5-7-9-13-17-14-11-12-15-17;1-17-11-7-8-12(13(15)9-11)14(16)10-5-3-2-4-6-10/h11,14,17H,1-10,12-13,15-16H2,(H,19,20);2-9,15H,1H3. The predicted octanol–water partition coefficient (Wildman–Crippen LogP) is 8.35. The maximum atomic E-state index is 12.1. The summed E-state index contributed by atoms with van der Waals surface area (Å²) in [6.45, 7) is 0. The molecule has 2 aromatic rings. The van der Waals surface area contributed by atoms with Crippen LogP contribution in [0.4, 0.5) is 0 Å². The Kier molecular flexibility index (Phi) is 14.8. The molecule has 1 unspecified atom stereocenters. The monoisotopic (exact) mass is 508 g/mol. The number of phenols is 1. The van der Waals surface area contributed by atoms with Crippen LogP contribution >= 0.6 is 0 Å². The minimum atomic E-state index is -0.655. The number of carbonyl (C=O) groups excluding carboxylic acids is 1. The second kappa shape index (κ2) is 18.2. The molecule has 0 saturated heterocycles. The van der Waals surface area contributed by atoms with Gasteiger partial charge in [0.15, 0.2) is 5.78 Å². The summed E-state index contributed by atoms with van der Waals surface area (Å²) in [5, 5.41) is 18.3. The molecule has 1 aliphatic carbocycles. The van der Waals surface area contributed by atoms with E-state index in [0.29, 0.717) is 17.7 Å². The molecule has 0 heterocycles. The van der Waals surface area contributed by atoms with Gasteiger partial charge in [-0.3, -0.25) is 9.59 Å². The number of unbranched alkanes of at least 4 members (excludes halogenated alkanes) is 9. The summed E-state index contributed by atoms with van der Waals surface area (Å²) in [6, 6.07) is 13.5. The number of aromatic hydroxyl groups is 1. The van der Waals surface area contributed by atoms with Crippen LogP contribution in [0, 0.1) is 5.92 Å². The van der Waals surface area contributed by atoms with Gasteiger partial charge in [0.05, 0.1) is 12.7 Å². The van der Waals surface area contributed by atoms with E-state index in [9.17, 15) is 14.7 Å². The number of rotatable bonds is 16. The molecule has 0 radical (unpaired) electrons. The Hall–Kier alpha value is -3.08. The van der Waals surface area contributed by atoms with E-state index in [0.717, 1.165) is 18.8 Å². The van der Waals surface area contributed by atoms with Crippen molar-refractivity contribution in [3.63, 3.8) is 0 Å². The zero-order valence-corrected chi connectivity index (χ0v) is 22.4. The van der Waals surface area contributed by atoms with Gasteiger partial charge in [-0.05, 0) is 43.7 Å². The van der Waals surface area contributed by atoms with E-state index in [2.05, 4.69) is 12.2 Å². The van der Waals surface area contributed by atoms with Crippen molar-refractivity contribution in [3.8, 4) is 11.5 Å². The molecular weight excluding hydrogens is 464 g/mol. The first-order valence-corrected chi connectivity index (χ1v) is 13.9. The normalized spacial score (nSPS) is 14.1. The lowest BCUT2D eigenvalue weighted by Crippen LogP contribution is -2.01. The zero-order valence-electron chi connectivity index (χ0n) is 22.4. The number of carbonyl (C=O) groups is 2. The highest BCUT2D eigenvalue weighted by Gasteiger charge is 2.13. The molecule has 0 amide bonds. The molecule has 3 rings (SSSR count). The molecular formula is C32H44O5. The van der Waals surface area contributed by atoms with Crippen molar-refractivity contribution in [3.05, 3.63) is 71.8 Å². The van der Waals surface area contributed by atoms with Gasteiger partial charge in [-0.25, -0.2) is 0 Å². The van der Waals surface area contributed by atoms with E-state index in [4.69, 9.17) is 9.84 Å². The Morgan fingerprint density at radius 1 is 0.865 bits per heavy atom. The van der Waals surface area contributed by atoms with E-state index >= 15 is 0 Å². The summed E-state index contributed by atoms with van der Waals surface area (Å²) in [5.41, 5.74) is 0.824. The molecule has 2 aromatic carbocycles. The molecule has 5 heteroatoms. The number of allylic oxidation sites excluding steroid dienone is 2. The number of ketones is 1. The van der Waals surface area contributed by atoms with Gasteiger partial charge in [-0.15, -0.1) is 0 Å². The van der Waals surface area contributed by atoms with Gasteiger partial charge < -0.3 is 14.9 Å². The third-order valence-corrected chi connectivity index (χ3v) is 6.81. The SMILES string of the molecule is COc1ccc(C(=O)c2ccccc2)c(O)c1.O=C(O)CCCCCCCCCCCCC1C=CCC1. The summed E-state index contributed by atoms with van der Waals surface area (Å²) in [6.07, 6.45) is 21.9. The van der Waals surface area contributed by atoms with Crippen LogP contribution in [0.3, 0.4) is 0 Å². The van der Waals surface area contributed by atoms with Crippen LogP contribution in [0.1, 0.15) is 106 Å². The minimum absolute atomic E-state index is 0.0711. The Morgan fingerprint density at radius 3 is 2.03 bits per heavy atom. The van der Waals surface area contributed by atoms with E-state index in [1.807, 2.05) is 6.07 Å².